The third kappa shape index (κ3) is 5.45. The number of halogens is 1. The van der Waals surface area contributed by atoms with E-state index in [2.05, 4.69) is 15.3 Å². The Balaban J connectivity index is 1.72. The van der Waals surface area contributed by atoms with Crippen LogP contribution in [-0.2, 0) is 17.1 Å². The molecule has 0 saturated heterocycles. The molecule has 0 aliphatic rings. The van der Waals surface area contributed by atoms with Crippen molar-refractivity contribution in [3.8, 4) is 5.75 Å². The van der Waals surface area contributed by atoms with Gasteiger partial charge >= 0.3 is 0 Å². The maximum absolute atomic E-state index is 12.7. The first-order chi connectivity index (χ1) is 13.6. The summed E-state index contributed by atoms with van der Waals surface area (Å²) in [5.41, 5.74) is 2.14. The van der Waals surface area contributed by atoms with Crippen molar-refractivity contribution in [2.45, 2.75) is 17.3 Å². The number of aromatic nitrogens is 2. The summed E-state index contributed by atoms with van der Waals surface area (Å²) in [5, 5.41) is 5.37. The Morgan fingerprint density at radius 1 is 1.18 bits per heavy atom. The predicted octanol–water partition coefficient (Wildman–Crippen LogP) is 4.89. The van der Waals surface area contributed by atoms with Crippen molar-refractivity contribution in [2.75, 3.05) is 19.5 Å². The Bertz CT molecular complexity index is 948. The summed E-state index contributed by atoms with van der Waals surface area (Å²) in [6.07, 6.45) is 0. The molecule has 1 aromatic carbocycles. The van der Waals surface area contributed by atoms with E-state index >= 15 is 0 Å². The van der Waals surface area contributed by atoms with Crippen molar-refractivity contribution in [2.24, 2.45) is 0 Å². The van der Waals surface area contributed by atoms with Crippen molar-refractivity contribution < 1.29 is 14.3 Å². The van der Waals surface area contributed by atoms with Gasteiger partial charge in [-0.2, -0.15) is 0 Å². The highest BCUT2D eigenvalue weighted by molar-refractivity contribution is 7.98. The first-order valence-corrected chi connectivity index (χ1v) is 10.5. The van der Waals surface area contributed by atoms with E-state index < -0.39 is 0 Å². The number of carbonyl (C=O) groups excluding carboxylic acids is 1. The van der Waals surface area contributed by atoms with Crippen LogP contribution in [0.1, 0.15) is 21.7 Å². The standard InChI is InChI=1S/C19H18ClN3O3S2/c1-25-9-13-11-28-19(21-13)23-18(24)17-15(7-8-16(20)22-17)27-10-12-3-5-14(26-2)6-4-12/h3-8,11H,9-10H2,1-2H3,(H,21,23,24). The molecule has 3 aromatic rings. The first-order valence-electron chi connectivity index (χ1n) is 8.26. The molecule has 0 bridgehead atoms. The van der Waals surface area contributed by atoms with Crippen LogP contribution in [0.4, 0.5) is 5.13 Å². The van der Waals surface area contributed by atoms with Crippen LogP contribution in [0.2, 0.25) is 5.15 Å². The summed E-state index contributed by atoms with van der Waals surface area (Å²) in [4.78, 5) is 22.0. The third-order valence-electron chi connectivity index (χ3n) is 3.66. The van der Waals surface area contributed by atoms with Crippen LogP contribution in [0.15, 0.2) is 46.7 Å². The summed E-state index contributed by atoms with van der Waals surface area (Å²) in [7, 11) is 3.23. The zero-order valence-electron chi connectivity index (χ0n) is 15.3. The van der Waals surface area contributed by atoms with Crippen LogP contribution in [0.25, 0.3) is 0 Å². The van der Waals surface area contributed by atoms with E-state index in [1.165, 1.54) is 23.1 Å². The third-order valence-corrected chi connectivity index (χ3v) is 5.79. The Morgan fingerprint density at radius 3 is 2.68 bits per heavy atom. The van der Waals surface area contributed by atoms with Crippen molar-refractivity contribution in [1.29, 1.82) is 0 Å². The van der Waals surface area contributed by atoms with Gasteiger partial charge in [0.2, 0.25) is 0 Å². The van der Waals surface area contributed by atoms with Crippen molar-refractivity contribution in [3.05, 3.63) is 63.9 Å². The van der Waals surface area contributed by atoms with Crippen molar-refractivity contribution >= 4 is 45.7 Å². The Labute approximate surface area is 176 Å². The molecule has 2 heterocycles. The topological polar surface area (TPSA) is 73.3 Å². The fraction of sp³-hybridized carbons (Fsp3) is 0.211. The van der Waals surface area contributed by atoms with Gasteiger partial charge in [-0.3, -0.25) is 10.1 Å². The highest BCUT2D eigenvalue weighted by Gasteiger charge is 2.16. The van der Waals surface area contributed by atoms with Crippen LogP contribution in [-0.4, -0.2) is 30.1 Å². The van der Waals surface area contributed by atoms with Gasteiger partial charge in [0.25, 0.3) is 5.91 Å². The van der Waals surface area contributed by atoms with Crippen molar-refractivity contribution in [3.63, 3.8) is 0 Å². The lowest BCUT2D eigenvalue weighted by Crippen LogP contribution is -2.15. The van der Waals surface area contributed by atoms with Crippen LogP contribution in [0.5, 0.6) is 5.75 Å². The Hall–Kier alpha value is -2.13. The molecule has 0 unspecified atom stereocenters. The molecular formula is C19H18ClN3O3S2. The molecule has 1 N–H and O–H groups in total. The second-order valence-electron chi connectivity index (χ2n) is 5.65. The molecule has 3 rings (SSSR count). The van der Waals surface area contributed by atoms with Gasteiger partial charge in [0, 0.05) is 23.1 Å². The number of amides is 1. The van der Waals surface area contributed by atoms with Gasteiger partial charge in [0.15, 0.2) is 5.13 Å². The molecule has 0 aliphatic carbocycles. The van der Waals surface area contributed by atoms with Crippen LogP contribution in [0.3, 0.4) is 0 Å². The summed E-state index contributed by atoms with van der Waals surface area (Å²) in [6, 6.07) is 11.3. The molecule has 2 aromatic heterocycles. The number of rotatable bonds is 8. The van der Waals surface area contributed by atoms with Crippen LogP contribution < -0.4 is 10.1 Å². The predicted molar refractivity (Wildman–Crippen MR) is 113 cm³/mol. The number of thioether (sulfide) groups is 1. The summed E-state index contributed by atoms with van der Waals surface area (Å²) >= 11 is 8.86. The number of hydrogen-bond acceptors (Lipinski definition) is 7. The molecule has 0 atom stereocenters. The number of benzene rings is 1. The molecule has 0 aliphatic heterocycles. The molecule has 146 valence electrons. The fourth-order valence-electron chi connectivity index (χ4n) is 2.32. The van der Waals surface area contributed by atoms with Gasteiger partial charge in [0.1, 0.15) is 16.6 Å². The number of hydrogen-bond donors (Lipinski definition) is 1. The van der Waals surface area contributed by atoms with E-state index in [4.69, 9.17) is 21.1 Å². The Morgan fingerprint density at radius 2 is 1.96 bits per heavy atom. The molecule has 0 spiro atoms. The second kappa shape index (κ2) is 9.88. The van der Waals surface area contributed by atoms with Gasteiger partial charge in [-0.05, 0) is 29.8 Å². The van der Waals surface area contributed by atoms with Gasteiger partial charge in [-0.15, -0.1) is 23.1 Å². The number of anilines is 1. The quantitative estimate of drug-likeness (QED) is 0.401. The average Bonchev–Trinajstić information content (AvgIpc) is 3.14. The minimum atomic E-state index is -0.349. The maximum atomic E-state index is 12.7. The number of pyridine rings is 1. The SMILES string of the molecule is COCc1csc(NC(=O)c2nc(Cl)ccc2SCc2ccc(OC)cc2)n1. The highest BCUT2D eigenvalue weighted by Crippen LogP contribution is 2.28. The molecule has 1 amide bonds. The zero-order chi connectivity index (χ0) is 19.9. The normalized spacial score (nSPS) is 10.7. The molecular weight excluding hydrogens is 418 g/mol. The fourth-order valence-corrected chi connectivity index (χ4v) is 4.11. The van der Waals surface area contributed by atoms with E-state index in [1.54, 1.807) is 26.4 Å². The van der Waals surface area contributed by atoms with E-state index in [1.807, 2.05) is 29.6 Å². The second-order valence-corrected chi connectivity index (χ2v) is 7.91. The summed E-state index contributed by atoms with van der Waals surface area (Å²) < 4.78 is 10.2. The van der Waals surface area contributed by atoms with Gasteiger partial charge < -0.3 is 9.47 Å². The molecule has 28 heavy (non-hydrogen) atoms. The lowest BCUT2D eigenvalue weighted by atomic mass is 10.2. The van der Waals surface area contributed by atoms with Gasteiger partial charge in [0.05, 0.1) is 19.4 Å². The monoisotopic (exact) mass is 435 g/mol. The zero-order valence-corrected chi connectivity index (χ0v) is 17.7. The van der Waals surface area contributed by atoms with Crippen molar-refractivity contribution in [1.82, 2.24) is 9.97 Å². The summed E-state index contributed by atoms with van der Waals surface area (Å²) in [6.45, 7) is 0.394. The molecule has 0 saturated carbocycles. The summed E-state index contributed by atoms with van der Waals surface area (Å²) in [5.74, 6) is 1.14. The first kappa shape index (κ1) is 20.6. The largest absolute Gasteiger partial charge is 0.497 e. The average molecular weight is 436 g/mol. The maximum Gasteiger partial charge on any atom is 0.277 e. The van der Waals surface area contributed by atoms with E-state index in [0.29, 0.717) is 17.5 Å². The van der Waals surface area contributed by atoms with E-state index in [9.17, 15) is 4.79 Å². The smallest absolute Gasteiger partial charge is 0.277 e. The Kier molecular flexibility index (Phi) is 7.27. The minimum Gasteiger partial charge on any atom is -0.497 e. The van der Waals surface area contributed by atoms with Crippen LogP contribution >= 0.6 is 34.7 Å². The number of nitrogens with zero attached hydrogens (tertiary/aromatic N) is 2. The number of thiazole rings is 1. The van der Waals surface area contributed by atoms with Crippen LogP contribution in [0, 0.1) is 0 Å². The number of nitrogens with one attached hydrogen (secondary N) is 1. The van der Waals surface area contributed by atoms with E-state index in [0.717, 1.165) is 21.9 Å². The van der Waals surface area contributed by atoms with Gasteiger partial charge in [-0.1, -0.05) is 23.7 Å². The lowest BCUT2D eigenvalue weighted by molar-refractivity contribution is 0.101. The molecule has 0 fully saturated rings. The highest BCUT2D eigenvalue weighted by atomic mass is 35.5. The number of carbonyl (C=O) groups is 1. The molecule has 9 heteroatoms. The number of ether oxygens (including phenoxy) is 2. The lowest BCUT2D eigenvalue weighted by Gasteiger charge is -2.09. The van der Waals surface area contributed by atoms with E-state index in [-0.39, 0.29) is 16.8 Å². The minimum absolute atomic E-state index is 0.262. The molecule has 6 nitrogen and oxygen atoms in total. The molecule has 0 radical (unpaired) electrons. The van der Waals surface area contributed by atoms with Gasteiger partial charge in [-0.25, -0.2) is 9.97 Å². The number of methoxy groups -OCH3 is 2.